The number of aliphatic carboxylic acids is 1. The molecule has 1 fully saturated rings. The van der Waals surface area contributed by atoms with Gasteiger partial charge in [-0.15, -0.1) is 0 Å². The van der Waals surface area contributed by atoms with Gasteiger partial charge in [0.25, 0.3) is 0 Å². The summed E-state index contributed by atoms with van der Waals surface area (Å²) < 4.78 is 0. The van der Waals surface area contributed by atoms with E-state index < -0.39 is 114 Å². The van der Waals surface area contributed by atoms with E-state index >= 15 is 0 Å². The minimum absolute atomic E-state index is 0.0353. The molecule has 1 aromatic carbocycles. The Labute approximate surface area is 362 Å². The summed E-state index contributed by atoms with van der Waals surface area (Å²) in [6.07, 6.45) is 1.48. The van der Waals surface area contributed by atoms with Crippen molar-refractivity contribution in [1.82, 2.24) is 36.8 Å². The van der Waals surface area contributed by atoms with Crippen LogP contribution in [0.15, 0.2) is 24.3 Å². The van der Waals surface area contributed by atoms with E-state index in [4.69, 9.17) is 11.5 Å². The lowest BCUT2D eigenvalue weighted by Crippen LogP contribution is -2.60. The second-order valence-corrected chi connectivity index (χ2v) is 16.2. The van der Waals surface area contributed by atoms with Crippen LogP contribution in [0, 0.1) is 17.8 Å². The largest absolute Gasteiger partial charge is 0.508 e. The zero-order valence-corrected chi connectivity index (χ0v) is 36.8. The molecule has 0 saturated carbocycles. The fourth-order valence-corrected chi connectivity index (χ4v) is 6.73. The standard InChI is InChI=1S/C42H67N9O11/c1-8-22(4)33(44)39(58)46-25(7)36(55)45-21-32(54)47-28(17-18-31(43)53)37(56)49-34(23(5)9-2)40(59)48-29(20-26-13-15-27(52)16-14-26)41(60)51-19-11-12-30(51)38(57)50-35(42(61)62)24(6)10-3/h13-16,22-25,28-30,33-35,52H,8-12,17-21,44H2,1-7H3,(H2,43,53)(H,45,55)(H,46,58)(H,47,54)(H,48,59)(H,49,56)(H,50,57)(H,61,62). The van der Waals surface area contributed by atoms with Crippen LogP contribution in [0.1, 0.15) is 99.0 Å². The number of amides is 8. The van der Waals surface area contributed by atoms with Gasteiger partial charge in [0.15, 0.2) is 0 Å². The first-order chi connectivity index (χ1) is 29.1. The number of benzene rings is 1. The quantitative estimate of drug-likeness (QED) is 0.0584. The van der Waals surface area contributed by atoms with Crippen molar-refractivity contribution in [2.24, 2.45) is 29.2 Å². The maximum absolute atomic E-state index is 14.3. The van der Waals surface area contributed by atoms with Gasteiger partial charge in [0, 0.05) is 19.4 Å². The number of carboxylic acid groups (broad SMARTS) is 1. The second-order valence-electron chi connectivity index (χ2n) is 16.2. The molecule has 8 amide bonds. The number of hydrogen-bond acceptors (Lipinski definition) is 11. The van der Waals surface area contributed by atoms with E-state index in [9.17, 15) is 53.4 Å². The van der Waals surface area contributed by atoms with Gasteiger partial charge in [-0.1, -0.05) is 72.9 Å². The molecular weight excluding hydrogens is 807 g/mol. The summed E-state index contributed by atoms with van der Waals surface area (Å²) in [6.45, 7) is 11.5. The van der Waals surface area contributed by atoms with E-state index in [2.05, 4.69) is 31.9 Å². The molecule has 0 radical (unpaired) electrons. The van der Waals surface area contributed by atoms with Crippen molar-refractivity contribution >= 4 is 53.2 Å². The first kappa shape index (κ1) is 52.3. The number of nitrogens with one attached hydrogen (secondary N) is 6. The van der Waals surface area contributed by atoms with E-state index in [0.29, 0.717) is 31.2 Å². The Bertz CT molecular complexity index is 1740. The smallest absolute Gasteiger partial charge is 0.326 e. The number of phenolic OH excluding ortho intramolecular Hbond substituents is 1. The number of primary amides is 1. The average Bonchev–Trinajstić information content (AvgIpc) is 3.74. The van der Waals surface area contributed by atoms with Crippen molar-refractivity contribution in [2.75, 3.05) is 13.1 Å². The third-order valence-electron chi connectivity index (χ3n) is 11.5. The SMILES string of the molecule is CCC(C)C(N)C(=O)NC(C)C(=O)NCC(=O)NC(CCC(N)=O)C(=O)NC(C(=O)NC(Cc1ccc(O)cc1)C(=O)N1CCCC1C(=O)NC(C(=O)O)C(C)CC)C(C)CC. The van der Waals surface area contributed by atoms with Gasteiger partial charge in [0.1, 0.15) is 42.0 Å². The van der Waals surface area contributed by atoms with Crippen molar-refractivity contribution in [2.45, 2.75) is 142 Å². The Morgan fingerprint density at radius 3 is 1.90 bits per heavy atom. The summed E-state index contributed by atoms with van der Waals surface area (Å²) in [5, 5.41) is 35.0. The van der Waals surface area contributed by atoms with Crippen LogP contribution < -0.4 is 43.4 Å². The van der Waals surface area contributed by atoms with Gasteiger partial charge < -0.3 is 58.5 Å². The number of likely N-dealkylation sites (tertiary alicyclic amines) is 1. The lowest BCUT2D eigenvalue weighted by atomic mass is 9.96. The topological polar surface area (TPSA) is 322 Å². The molecule has 1 heterocycles. The highest BCUT2D eigenvalue weighted by molar-refractivity contribution is 5.97. The molecule has 0 aliphatic carbocycles. The average molecular weight is 874 g/mol. The van der Waals surface area contributed by atoms with Crippen LogP contribution >= 0.6 is 0 Å². The second kappa shape index (κ2) is 25.2. The number of aromatic hydroxyl groups is 1. The summed E-state index contributed by atoms with van der Waals surface area (Å²) in [4.78, 5) is 119. The first-order valence-electron chi connectivity index (χ1n) is 21.3. The Balaban J connectivity index is 2.31. The predicted molar refractivity (Wildman–Crippen MR) is 227 cm³/mol. The first-order valence-corrected chi connectivity index (χ1v) is 21.3. The monoisotopic (exact) mass is 873 g/mol. The van der Waals surface area contributed by atoms with E-state index in [-0.39, 0.29) is 43.9 Å². The number of nitrogens with two attached hydrogens (primary N) is 2. The third kappa shape index (κ3) is 15.9. The molecule has 2 rings (SSSR count). The van der Waals surface area contributed by atoms with E-state index in [1.165, 1.54) is 24.0 Å². The van der Waals surface area contributed by atoms with E-state index in [1.807, 2.05) is 6.92 Å². The highest BCUT2D eigenvalue weighted by atomic mass is 16.4. The molecule has 20 heteroatoms. The fourth-order valence-electron chi connectivity index (χ4n) is 6.73. The van der Waals surface area contributed by atoms with Crippen LogP contribution in [0.5, 0.6) is 5.75 Å². The minimum Gasteiger partial charge on any atom is -0.508 e. The van der Waals surface area contributed by atoms with Gasteiger partial charge in [-0.05, 0) is 61.6 Å². The molecule has 62 heavy (non-hydrogen) atoms. The molecule has 1 saturated heterocycles. The van der Waals surface area contributed by atoms with Crippen LogP contribution in [0.2, 0.25) is 0 Å². The molecule has 346 valence electrons. The third-order valence-corrected chi connectivity index (χ3v) is 11.5. The molecule has 10 atom stereocenters. The van der Waals surface area contributed by atoms with Gasteiger partial charge in [0.05, 0.1) is 12.6 Å². The Kier molecular flexibility index (Phi) is 21.3. The van der Waals surface area contributed by atoms with Crippen LogP contribution in [-0.4, -0.2) is 124 Å². The lowest BCUT2D eigenvalue weighted by molar-refractivity contribution is -0.146. The Morgan fingerprint density at radius 1 is 0.742 bits per heavy atom. The predicted octanol–water partition coefficient (Wildman–Crippen LogP) is -0.698. The summed E-state index contributed by atoms with van der Waals surface area (Å²) in [5.74, 6) is -8.08. The van der Waals surface area contributed by atoms with Crippen molar-refractivity contribution in [3.8, 4) is 5.75 Å². The molecule has 0 spiro atoms. The van der Waals surface area contributed by atoms with Crippen LogP contribution in [0.25, 0.3) is 0 Å². The molecule has 1 aromatic rings. The van der Waals surface area contributed by atoms with E-state index in [1.54, 1.807) is 46.8 Å². The zero-order chi connectivity index (χ0) is 46.8. The van der Waals surface area contributed by atoms with Gasteiger partial charge in [-0.2, -0.15) is 0 Å². The summed E-state index contributed by atoms with van der Waals surface area (Å²) in [7, 11) is 0. The molecule has 1 aliphatic heterocycles. The van der Waals surface area contributed by atoms with Gasteiger partial charge >= 0.3 is 5.97 Å². The van der Waals surface area contributed by atoms with Gasteiger partial charge in [-0.3, -0.25) is 38.4 Å². The molecule has 0 aromatic heterocycles. The zero-order valence-electron chi connectivity index (χ0n) is 36.8. The fraction of sp³-hybridized carbons (Fsp3) is 0.643. The molecule has 20 nitrogen and oxygen atoms in total. The minimum atomic E-state index is -1.40. The molecule has 12 N–H and O–H groups in total. The maximum Gasteiger partial charge on any atom is 0.326 e. The Morgan fingerprint density at radius 2 is 1.34 bits per heavy atom. The number of carbonyl (C=O) groups is 9. The molecule has 1 aliphatic rings. The van der Waals surface area contributed by atoms with Crippen molar-refractivity contribution < 1.29 is 53.4 Å². The number of hydrogen-bond donors (Lipinski definition) is 10. The molecule has 0 bridgehead atoms. The molecular formula is C42H67N9O11. The van der Waals surface area contributed by atoms with E-state index in [0.717, 1.165) is 0 Å². The van der Waals surface area contributed by atoms with Crippen LogP contribution in [0.3, 0.4) is 0 Å². The van der Waals surface area contributed by atoms with Crippen LogP contribution in [-0.2, 0) is 49.6 Å². The van der Waals surface area contributed by atoms with Gasteiger partial charge in [-0.25, -0.2) is 4.79 Å². The number of nitrogens with zero attached hydrogens (tertiary/aromatic N) is 1. The van der Waals surface area contributed by atoms with Gasteiger partial charge in [0.2, 0.25) is 47.3 Å². The van der Waals surface area contributed by atoms with Crippen molar-refractivity contribution in [1.29, 1.82) is 0 Å². The van der Waals surface area contributed by atoms with Crippen molar-refractivity contribution in [3.63, 3.8) is 0 Å². The molecule has 10 unspecified atom stereocenters. The number of phenols is 1. The summed E-state index contributed by atoms with van der Waals surface area (Å²) in [6, 6.07) is -2.16. The number of carboxylic acids is 1. The summed E-state index contributed by atoms with van der Waals surface area (Å²) >= 11 is 0. The number of carbonyl (C=O) groups excluding carboxylic acids is 8. The summed E-state index contributed by atoms with van der Waals surface area (Å²) in [5.41, 5.74) is 11.8. The normalized spacial score (nSPS) is 17.9. The Hall–Kier alpha value is -5.79. The highest BCUT2D eigenvalue weighted by Gasteiger charge is 2.41. The van der Waals surface area contributed by atoms with Crippen LogP contribution in [0.4, 0.5) is 0 Å². The van der Waals surface area contributed by atoms with Crippen molar-refractivity contribution in [3.05, 3.63) is 29.8 Å². The highest BCUT2D eigenvalue weighted by Crippen LogP contribution is 2.22. The lowest BCUT2D eigenvalue weighted by Gasteiger charge is -2.32. The number of rotatable bonds is 25. The maximum atomic E-state index is 14.3.